The normalized spacial score (nSPS) is 22.3. The first-order valence-electron chi connectivity index (χ1n) is 7.70. The van der Waals surface area contributed by atoms with E-state index in [0.29, 0.717) is 6.04 Å². The molecule has 1 saturated heterocycles. The Hall–Kier alpha value is -1.16. The van der Waals surface area contributed by atoms with E-state index in [4.69, 9.17) is 0 Å². The number of rotatable bonds is 4. The molecule has 112 valence electrons. The van der Waals surface area contributed by atoms with Crippen molar-refractivity contribution in [2.45, 2.75) is 31.8 Å². The van der Waals surface area contributed by atoms with Gasteiger partial charge in [-0.2, -0.15) is 11.3 Å². The summed E-state index contributed by atoms with van der Waals surface area (Å²) >= 11 is 1.79. The lowest BCUT2D eigenvalue weighted by atomic mass is 9.94. The van der Waals surface area contributed by atoms with Crippen LogP contribution in [0.25, 0.3) is 0 Å². The van der Waals surface area contributed by atoms with Gasteiger partial charge in [-0.25, -0.2) is 0 Å². The van der Waals surface area contributed by atoms with Crippen LogP contribution in [0.3, 0.4) is 0 Å². The van der Waals surface area contributed by atoms with Crippen LogP contribution in [0.4, 0.5) is 0 Å². The average Bonchev–Trinajstić information content (AvgIpc) is 3.00. The minimum absolute atomic E-state index is 0.224. The smallest absolute Gasteiger partial charge is 0.0450 e. The molecule has 0 amide bonds. The summed E-state index contributed by atoms with van der Waals surface area (Å²) < 4.78 is 0. The van der Waals surface area contributed by atoms with E-state index in [0.717, 1.165) is 26.1 Å². The van der Waals surface area contributed by atoms with Crippen LogP contribution in [0, 0.1) is 0 Å². The molecule has 1 aromatic carbocycles. The van der Waals surface area contributed by atoms with Crippen LogP contribution < -0.4 is 5.32 Å². The summed E-state index contributed by atoms with van der Waals surface area (Å²) in [6, 6.07) is 13.5. The summed E-state index contributed by atoms with van der Waals surface area (Å²) in [7, 11) is 0. The highest BCUT2D eigenvalue weighted by Crippen LogP contribution is 2.26. The Balaban J connectivity index is 1.67. The molecule has 0 bridgehead atoms. The zero-order valence-corrected chi connectivity index (χ0v) is 13.7. The van der Waals surface area contributed by atoms with Gasteiger partial charge in [0.2, 0.25) is 0 Å². The molecule has 0 saturated carbocycles. The molecular formula is C18H24N2S. The van der Waals surface area contributed by atoms with Crippen LogP contribution in [-0.2, 0) is 6.42 Å². The fourth-order valence-electron chi connectivity index (χ4n) is 3.02. The maximum absolute atomic E-state index is 3.71. The molecule has 21 heavy (non-hydrogen) atoms. The maximum atomic E-state index is 3.71. The van der Waals surface area contributed by atoms with Gasteiger partial charge in [-0.05, 0) is 48.2 Å². The summed E-state index contributed by atoms with van der Waals surface area (Å²) in [4.78, 5) is 2.64. The number of thiophene rings is 1. The minimum atomic E-state index is 0.224. The van der Waals surface area contributed by atoms with E-state index in [1.54, 1.807) is 11.3 Å². The van der Waals surface area contributed by atoms with Crippen molar-refractivity contribution in [3.8, 4) is 0 Å². The summed E-state index contributed by atoms with van der Waals surface area (Å²) in [5.41, 5.74) is 3.08. The number of piperazine rings is 1. The quantitative estimate of drug-likeness (QED) is 0.926. The molecule has 1 unspecified atom stereocenters. The minimum Gasteiger partial charge on any atom is -0.307 e. The van der Waals surface area contributed by atoms with E-state index >= 15 is 0 Å². The summed E-state index contributed by atoms with van der Waals surface area (Å²) in [5, 5.41) is 8.15. The molecule has 2 heterocycles. The third-order valence-electron chi connectivity index (χ3n) is 4.49. The number of hydrogen-bond acceptors (Lipinski definition) is 3. The highest BCUT2D eigenvalue weighted by molar-refractivity contribution is 7.07. The van der Waals surface area contributed by atoms with Crippen LogP contribution in [0.5, 0.6) is 0 Å². The van der Waals surface area contributed by atoms with Gasteiger partial charge in [0, 0.05) is 31.2 Å². The van der Waals surface area contributed by atoms with Crippen LogP contribution in [-0.4, -0.2) is 30.1 Å². The molecule has 1 atom stereocenters. The number of nitrogens with one attached hydrogen (secondary N) is 1. The van der Waals surface area contributed by atoms with Gasteiger partial charge < -0.3 is 5.32 Å². The third kappa shape index (κ3) is 3.54. The molecule has 1 aliphatic heterocycles. The SMILES string of the molecule is CC1(C)CNC(c2ccccc2)CN1CCc1ccsc1. The Morgan fingerprint density at radius 2 is 2.05 bits per heavy atom. The molecule has 3 rings (SSSR count). The number of benzene rings is 1. The molecule has 0 spiro atoms. The molecule has 2 nitrogen and oxygen atoms in total. The van der Waals surface area contributed by atoms with E-state index in [-0.39, 0.29) is 5.54 Å². The Morgan fingerprint density at radius 3 is 2.76 bits per heavy atom. The second kappa shape index (κ2) is 6.30. The first-order chi connectivity index (χ1) is 10.1. The standard InChI is InChI=1S/C18H24N2S/c1-18(2)14-19-17(16-6-4-3-5-7-16)12-20(18)10-8-15-9-11-21-13-15/h3-7,9,11,13,17,19H,8,10,12,14H2,1-2H3. The van der Waals surface area contributed by atoms with E-state index in [2.05, 4.69) is 71.2 Å². The van der Waals surface area contributed by atoms with Gasteiger partial charge >= 0.3 is 0 Å². The van der Waals surface area contributed by atoms with Crippen LogP contribution >= 0.6 is 11.3 Å². The maximum Gasteiger partial charge on any atom is 0.0450 e. The van der Waals surface area contributed by atoms with Crippen molar-refractivity contribution in [3.63, 3.8) is 0 Å². The molecule has 3 heteroatoms. The fraction of sp³-hybridized carbons (Fsp3) is 0.444. The summed E-state index contributed by atoms with van der Waals surface area (Å²) in [6.45, 7) is 7.94. The van der Waals surface area contributed by atoms with Gasteiger partial charge in [-0.1, -0.05) is 30.3 Å². The lowest BCUT2D eigenvalue weighted by Gasteiger charge is -2.46. The molecular weight excluding hydrogens is 276 g/mol. The zero-order valence-electron chi connectivity index (χ0n) is 12.9. The van der Waals surface area contributed by atoms with Crippen molar-refractivity contribution in [2.75, 3.05) is 19.6 Å². The largest absolute Gasteiger partial charge is 0.307 e. The number of hydrogen-bond donors (Lipinski definition) is 1. The second-order valence-corrected chi connectivity index (χ2v) is 7.26. The van der Waals surface area contributed by atoms with Gasteiger partial charge in [-0.3, -0.25) is 4.90 Å². The molecule has 0 aliphatic carbocycles. The van der Waals surface area contributed by atoms with Crippen molar-refractivity contribution in [1.82, 2.24) is 10.2 Å². The van der Waals surface area contributed by atoms with Crippen molar-refractivity contribution in [2.24, 2.45) is 0 Å². The Labute approximate surface area is 131 Å². The predicted octanol–water partition coefficient (Wildman–Crippen LogP) is 3.72. The first kappa shape index (κ1) is 14.8. The van der Waals surface area contributed by atoms with Gasteiger partial charge in [0.15, 0.2) is 0 Å². The Morgan fingerprint density at radius 1 is 1.24 bits per heavy atom. The second-order valence-electron chi connectivity index (χ2n) is 6.48. The van der Waals surface area contributed by atoms with Crippen LogP contribution in [0.15, 0.2) is 47.2 Å². The fourth-order valence-corrected chi connectivity index (χ4v) is 3.72. The lowest BCUT2D eigenvalue weighted by molar-refractivity contribution is 0.0672. The lowest BCUT2D eigenvalue weighted by Crippen LogP contribution is -2.59. The van der Waals surface area contributed by atoms with Crippen molar-refractivity contribution >= 4 is 11.3 Å². The van der Waals surface area contributed by atoms with Crippen molar-refractivity contribution in [3.05, 3.63) is 58.3 Å². The van der Waals surface area contributed by atoms with Gasteiger partial charge in [0.1, 0.15) is 0 Å². The van der Waals surface area contributed by atoms with Crippen LogP contribution in [0.2, 0.25) is 0 Å². The van der Waals surface area contributed by atoms with Crippen molar-refractivity contribution in [1.29, 1.82) is 0 Å². The average molecular weight is 300 g/mol. The highest BCUT2D eigenvalue weighted by atomic mass is 32.1. The van der Waals surface area contributed by atoms with Gasteiger partial charge in [0.05, 0.1) is 0 Å². The molecule has 0 radical (unpaired) electrons. The monoisotopic (exact) mass is 300 g/mol. The summed E-state index contributed by atoms with van der Waals surface area (Å²) in [6.07, 6.45) is 1.15. The van der Waals surface area contributed by atoms with E-state index in [1.807, 2.05) is 0 Å². The molecule has 2 aromatic rings. The highest BCUT2D eigenvalue weighted by Gasteiger charge is 2.33. The van der Waals surface area contributed by atoms with E-state index in [9.17, 15) is 0 Å². The molecule has 1 aromatic heterocycles. The van der Waals surface area contributed by atoms with E-state index in [1.165, 1.54) is 11.1 Å². The van der Waals surface area contributed by atoms with Crippen LogP contribution in [0.1, 0.15) is 31.0 Å². The third-order valence-corrected chi connectivity index (χ3v) is 5.22. The molecule has 1 aliphatic rings. The van der Waals surface area contributed by atoms with Gasteiger partial charge in [0.25, 0.3) is 0 Å². The van der Waals surface area contributed by atoms with E-state index < -0.39 is 0 Å². The Bertz CT molecular complexity index is 548. The first-order valence-corrected chi connectivity index (χ1v) is 8.64. The van der Waals surface area contributed by atoms with Gasteiger partial charge in [-0.15, -0.1) is 0 Å². The zero-order chi connectivity index (χ0) is 14.7. The number of nitrogens with zero attached hydrogens (tertiary/aromatic N) is 1. The molecule has 1 fully saturated rings. The molecule has 1 N–H and O–H groups in total. The predicted molar refractivity (Wildman–Crippen MR) is 90.9 cm³/mol. The summed E-state index contributed by atoms with van der Waals surface area (Å²) in [5.74, 6) is 0. The Kier molecular flexibility index (Phi) is 4.43. The van der Waals surface area contributed by atoms with Crippen molar-refractivity contribution < 1.29 is 0 Å². The topological polar surface area (TPSA) is 15.3 Å².